The molecule has 0 aliphatic heterocycles. The Morgan fingerprint density at radius 1 is 0.643 bits per heavy atom. The zero-order chi connectivity index (χ0) is 20.5. The van der Waals surface area contributed by atoms with E-state index >= 15 is 0 Å². The van der Waals surface area contributed by atoms with E-state index in [-0.39, 0.29) is 0 Å². The summed E-state index contributed by atoms with van der Waals surface area (Å²) in [6.07, 6.45) is 4.53. The van der Waals surface area contributed by atoms with Gasteiger partial charge in [0.15, 0.2) is 0 Å². The Bertz CT molecular complexity index is 918. The van der Waals surface area contributed by atoms with Gasteiger partial charge in [-0.25, -0.2) is 0 Å². The van der Waals surface area contributed by atoms with Crippen LogP contribution in [0.5, 0.6) is 0 Å². The van der Waals surface area contributed by atoms with Gasteiger partial charge in [-0.2, -0.15) is 12.1 Å². The fourth-order valence-electron chi connectivity index (χ4n) is 3.75. The topological polar surface area (TPSA) is 0 Å². The molecule has 0 N–H and O–H groups in total. The fraction of sp³-hybridized carbons (Fsp3) is 0.296. The summed E-state index contributed by atoms with van der Waals surface area (Å²) >= 11 is 1.75. The summed E-state index contributed by atoms with van der Waals surface area (Å²) < 4.78 is 0. The van der Waals surface area contributed by atoms with Crippen LogP contribution >= 0.6 is 0 Å². The molecule has 144 valence electrons. The van der Waals surface area contributed by atoms with Crippen molar-refractivity contribution in [2.45, 2.75) is 53.4 Å². The van der Waals surface area contributed by atoms with Gasteiger partial charge in [0, 0.05) is 0 Å². The Morgan fingerprint density at radius 2 is 1.04 bits per heavy atom. The van der Waals surface area contributed by atoms with Crippen molar-refractivity contribution in [1.82, 2.24) is 0 Å². The van der Waals surface area contributed by atoms with Crippen LogP contribution in [0.25, 0.3) is 21.5 Å². The van der Waals surface area contributed by atoms with Crippen LogP contribution in [0, 0.1) is 0 Å². The van der Waals surface area contributed by atoms with Crippen LogP contribution in [0.1, 0.15) is 49.9 Å². The maximum atomic E-state index is 3.25. The van der Waals surface area contributed by atoms with Gasteiger partial charge in [-0.3, -0.25) is 0 Å². The average Bonchev–Trinajstić information content (AvgIpc) is 3.38. The zero-order valence-corrected chi connectivity index (χ0v) is 19.4. The first kappa shape index (κ1) is 22.5. The van der Waals surface area contributed by atoms with Crippen molar-refractivity contribution in [3.63, 3.8) is 0 Å². The Labute approximate surface area is 182 Å². The summed E-state index contributed by atoms with van der Waals surface area (Å²) in [4.78, 5) is 3.25. The molecule has 0 atom stereocenters. The molecule has 0 heterocycles. The van der Waals surface area contributed by atoms with Crippen molar-refractivity contribution in [1.29, 1.82) is 0 Å². The molecule has 0 saturated carbocycles. The van der Waals surface area contributed by atoms with Crippen LogP contribution in [0.15, 0.2) is 60.7 Å². The predicted octanol–water partition coefficient (Wildman–Crippen LogP) is 7.33. The molecular formula is C27H32Ti. The maximum absolute atomic E-state index is 3.25. The van der Waals surface area contributed by atoms with Crippen molar-refractivity contribution >= 4 is 26.4 Å². The first-order valence-electron chi connectivity index (χ1n) is 10.4. The molecule has 0 aliphatic rings. The van der Waals surface area contributed by atoms with E-state index in [0.29, 0.717) is 0 Å². The number of fused-ring (bicyclic) bond motifs is 2. The number of rotatable bonds is 4. The van der Waals surface area contributed by atoms with Crippen molar-refractivity contribution in [2.24, 2.45) is 0 Å². The summed E-state index contributed by atoms with van der Waals surface area (Å²) in [6.45, 7) is 8.85. The number of hydrogen-bond acceptors (Lipinski definition) is 0. The second-order valence-electron chi connectivity index (χ2n) is 6.98. The van der Waals surface area contributed by atoms with Gasteiger partial charge in [0.25, 0.3) is 0 Å². The second kappa shape index (κ2) is 11.3. The number of benzene rings is 2. The average molecular weight is 404 g/mol. The molecule has 0 unspecified atom stereocenters. The van der Waals surface area contributed by atoms with Crippen molar-refractivity contribution in [3.8, 4) is 0 Å². The predicted molar refractivity (Wildman–Crippen MR) is 124 cm³/mol. The monoisotopic (exact) mass is 404 g/mol. The Morgan fingerprint density at radius 3 is 1.36 bits per heavy atom. The van der Waals surface area contributed by atoms with E-state index in [0.717, 1.165) is 25.7 Å². The molecular weight excluding hydrogens is 372 g/mol. The molecule has 0 amide bonds. The molecule has 28 heavy (non-hydrogen) atoms. The van der Waals surface area contributed by atoms with Crippen LogP contribution in [0.3, 0.4) is 0 Å². The van der Waals surface area contributed by atoms with E-state index < -0.39 is 0 Å². The first-order chi connectivity index (χ1) is 13.7. The van der Waals surface area contributed by atoms with Gasteiger partial charge >= 0.3 is 24.8 Å². The van der Waals surface area contributed by atoms with Gasteiger partial charge in [-0.1, -0.05) is 51.0 Å². The van der Waals surface area contributed by atoms with Crippen LogP contribution in [0.2, 0.25) is 0 Å². The van der Waals surface area contributed by atoms with Crippen LogP contribution in [-0.4, -0.2) is 4.82 Å². The number of hydrogen-bond donors (Lipinski definition) is 0. The molecule has 0 saturated heterocycles. The molecule has 0 aliphatic carbocycles. The molecule has 0 spiro atoms. The third-order valence-electron chi connectivity index (χ3n) is 5.38. The van der Waals surface area contributed by atoms with Gasteiger partial charge in [-0.15, -0.1) is 69.1 Å². The summed E-state index contributed by atoms with van der Waals surface area (Å²) in [5, 5.41) is 5.69. The third-order valence-corrected chi connectivity index (χ3v) is 5.38. The summed E-state index contributed by atoms with van der Waals surface area (Å²) in [5.74, 6) is 0. The molecule has 4 aromatic rings. The molecule has 4 aromatic carbocycles. The fourth-order valence-corrected chi connectivity index (χ4v) is 3.75. The second-order valence-corrected chi connectivity index (χ2v) is 6.98. The van der Waals surface area contributed by atoms with Crippen molar-refractivity contribution in [3.05, 3.63) is 82.9 Å². The molecule has 0 nitrogen and oxygen atoms in total. The quantitative estimate of drug-likeness (QED) is 0.247. The molecule has 0 bridgehead atoms. The number of aryl methyl sites for hydroxylation is 4. The van der Waals surface area contributed by atoms with E-state index in [4.69, 9.17) is 0 Å². The molecule has 4 rings (SSSR count). The summed E-state index contributed by atoms with van der Waals surface area (Å²) in [7, 11) is 0. The minimum atomic E-state index is 1.13. The Hall–Kier alpha value is -1.76. The van der Waals surface area contributed by atoms with Crippen molar-refractivity contribution in [2.75, 3.05) is 0 Å². The standard InChI is InChI=1S/2C13H15.CH2.Ti/c2*1-3-10-8-12-7-5-6-11(4-2)13(12)9-10;;/h2*5-9H,3-4H2,1-2H3;1H2;/q2*-1;;+2. The van der Waals surface area contributed by atoms with Crippen LogP contribution in [-0.2, 0) is 45.7 Å². The van der Waals surface area contributed by atoms with Gasteiger partial charge < -0.3 is 0 Å². The summed E-state index contributed by atoms with van der Waals surface area (Å²) in [6, 6.07) is 22.4. The molecule has 0 aromatic heterocycles. The van der Waals surface area contributed by atoms with Gasteiger partial charge in [0.1, 0.15) is 0 Å². The third kappa shape index (κ3) is 5.19. The van der Waals surface area contributed by atoms with E-state index in [1.807, 2.05) is 0 Å². The Balaban J connectivity index is 0.000000184. The van der Waals surface area contributed by atoms with Gasteiger partial charge in [-0.05, 0) is 25.7 Å². The molecule has 1 heteroatoms. The normalized spacial score (nSPS) is 10.4. The van der Waals surface area contributed by atoms with Crippen molar-refractivity contribution < 1.29 is 20.0 Å². The van der Waals surface area contributed by atoms with E-state index in [1.54, 1.807) is 20.0 Å². The van der Waals surface area contributed by atoms with E-state index in [2.05, 4.69) is 93.2 Å². The van der Waals surface area contributed by atoms with Crippen LogP contribution in [0.4, 0.5) is 0 Å². The van der Waals surface area contributed by atoms with Crippen LogP contribution < -0.4 is 0 Å². The minimum absolute atomic E-state index is 1.13. The molecule has 0 radical (unpaired) electrons. The first-order valence-corrected chi connectivity index (χ1v) is 11.5. The van der Waals surface area contributed by atoms with E-state index in [1.165, 1.54) is 43.8 Å². The SMILES string of the molecule is CCc1cc2c(CC)cccc2[cH-]1.CCc1cc2c(CC)cccc2[cH-]1.[CH2]=[Ti+2]. The molecule has 0 fully saturated rings. The zero-order valence-electron chi connectivity index (χ0n) is 17.8. The van der Waals surface area contributed by atoms with Gasteiger partial charge in [0.05, 0.1) is 0 Å². The summed E-state index contributed by atoms with van der Waals surface area (Å²) in [5.41, 5.74) is 5.85. The van der Waals surface area contributed by atoms with Gasteiger partial charge in [0.2, 0.25) is 0 Å². The van der Waals surface area contributed by atoms with E-state index in [9.17, 15) is 0 Å². The Kier molecular flexibility index (Phi) is 9.09.